The van der Waals surface area contributed by atoms with Crippen LogP contribution >= 0.6 is 0 Å². The highest BCUT2D eigenvalue weighted by molar-refractivity contribution is 5.98. The summed E-state index contributed by atoms with van der Waals surface area (Å²) in [7, 11) is 0. The fourth-order valence-corrected chi connectivity index (χ4v) is 2.57. The summed E-state index contributed by atoms with van der Waals surface area (Å²) in [6, 6.07) is 5.02. The molecule has 1 fully saturated rings. The normalized spacial score (nSPS) is 19.7. The van der Waals surface area contributed by atoms with Crippen molar-refractivity contribution in [1.29, 1.82) is 0 Å². The number of hydrogen-bond acceptors (Lipinski definition) is 4. The first kappa shape index (κ1) is 18.9. The van der Waals surface area contributed by atoms with Crippen molar-refractivity contribution in [2.24, 2.45) is 5.92 Å². The molecule has 1 aliphatic heterocycles. The molecule has 25 heavy (non-hydrogen) atoms. The summed E-state index contributed by atoms with van der Waals surface area (Å²) in [6.45, 7) is 6.43. The Bertz CT molecular complexity index is 671. The Morgan fingerprint density at radius 1 is 1.24 bits per heavy atom. The van der Waals surface area contributed by atoms with Gasteiger partial charge in [0.1, 0.15) is 6.10 Å². The maximum absolute atomic E-state index is 12.2. The minimum atomic E-state index is -1.05. The van der Waals surface area contributed by atoms with Crippen LogP contribution in [0.2, 0.25) is 0 Å². The van der Waals surface area contributed by atoms with Crippen LogP contribution in [0, 0.1) is 12.8 Å². The van der Waals surface area contributed by atoms with Crippen LogP contribution < -0.4 is 10.6 Å². The number of rotatable bonds is 6. The van der Waals surface area contributed by atoms with Crippen LogP contribution in [0.3, 0.4) is 0 Å². The Morgan fingerprint density at radius 2 is 1.92 bits per heavy atom. The van der Waals surface area contributed by atoms with E-state index in [9.17, 15) is 14.4 Å². The van der Waals surface area contributed by atoms with E-state index in [1.165, 1.54) is 0 Å². The lowest BCUT2D eigenvalue weighted by molar-refractivity contribution is -0.150. The molecule has 7 nitrogen and oxygen atoms in total. The van der Waals surface area contributed by atoms with Gasteiger partial charge in [-0.15, -0.1) is 0 Å². The molecule has 0 saturated carbocycles. The highest BCUT2D eigenvalue weighted by Crippen LogP contribution is 2.23. The number of anilines is 1. The van der Waals surface area contributed by atoms with Gasteiger partial charge in [-0.3, -0.25) is 9.59 Å². The lowest BCUT2D eigenvalue weighted by Crippen LogP contribution is -2.30. The van der Waals surface area contributed by atoms with Gasteiger partial charge in [0, 0.05) is 17.8 Å². The molecule has 1 aliphatic rings. The third kappa shape index (κ3) is 5.03. The first-order chi connectivity index (χ1) is 11.8. The van der Waals surface area contributed by atoms with E-state index in [1.54, 1.807) is 25.1 Å². The number of carboxylic acid groups (broad SMARTS) is 1. The second kappa shape index (κ2) is 8.11. The third-order valence-electron chi connectivity index (χ3n) is 4.00. The fraction of sp³-hybridized carbons (Fsp3) is 0.500. The van der Waals surface area contributed by atoms with Gasteiger partial charge < -0.3 is 20.5 Å². The molecule has 2 amide bonds. The Hall–Kier alpha value is -2.41. The van der Waals surface area contributed by atoms with Crippen LogP contribution in [-0.2, 0) is 14.3 Å². The number of carboxylic acids is 1. The lowest BCUT2D eigenvalue weighted by atomic mass is 10.1. The number of ether oxygens (including phenoxy) is 1. The molecule has 1 heterocycles. The van der Waals surface area contributed by atoms with E-state index in [-0.39, 0.29) is 11.8 Å². The molecule has 0 radical (unpaired) electrons. The van der Waals surface area contributed by atoms with E-state index in [1.807, 2.05) is 13.8 Å². The first-order valence-corrected chi connectivity index (χ1v) is 8.36. The van der Waals surface area contributed by atoms with Gasteiger partial charge in [-0.25, -0.2) is 4.79 Å². The van der Waals surface area contributed by atoms with Gasteiger partial charge in [0.25, 0.3) is 11.8 Å². The van der Waals surface area contributed by atoms with Crippen molar-refractivity contribution < 1.29 is 24.2 Å². The quantitative estimate of drug-likeness (QED) is 0.729. The summed E-state index contributed by atoms with van der Waals surface area (Å²) in [6.07, 6.45) is -1.00. The molecule has 1 saturated heterocycles. The number of carbonyl (C=O) groups is 3. The number of hydrogen-bond donors (Lipinski definition) is 3. The smallest absolute Gasteiger partial charge is 0.332 e. The summed E-state index contributed by atoms with van der Waals surface area (Å²) in [4.78, 5) is 35.2. The van der Waals surface area contributed by atoms with Crippen LogP contribution in [0.5, 0.6) is 0 Å². The minimum absolute atomic E-state index is 0.155. The lowest BCUT2D eigenvalue weighted by Gasteiger charge is -2.14. The van der Waals surface area contributed by atoms with Gasteiger partial charge in [-0.05, 0) is 49.4 Å². The van der Waals surface area contributed by atoms with Crippen LogP contribution in [0.15, 0.2) is 18.2 Å². The third-order valence-corrected chi connectivity index (χ3v) is 4.00. The number of aliphatic carboxylic acids is 1. The van der Waals surface area contributed by atoms with E-state index in [2.05, 4.69) is 10.6 Å². The van der Waals surface area contributed by atoms with Gasteiger partial charge in [0.2, 0.25) is 0 Å². The second-order valence-corrected chi connectivity index (χ2v) is 6.65. The zero-order valence-corrected chi connectivity index (χ0v) is 14.7. The van der Waals surface area contributed by atoms with Gasteiger partial charge >= 0.3 is 5.97 Å². The summed E-state index contributed by atoms with van der Waals surface area (Å²) in [5.74, 6) is -1.21. The molecule has 0 aliphatic carbocycles. The Morgan fingerprint density at radius 3 is 2.48 bits per heavy atom. The molecule has 0 bridgehead atoms. The molecule has 1 aromatic carbocycles. The number of aryl methyl sites for hydroxylation is 1. The second-order valence-electron chi connectivity index (χ2n) is 6.65. The van der Waals surface area contributed by atoms with Crippen molar-refractivity contribution in [2.75, 3.05) is 11.9 Å². The zero-order valence-electron chi connectivity index (χ0n) is 14.7. The molecule has 7 heteroatoms. The zero-order chi connectivity index (χ0) is 18.6. The molecule has 3 N–H and O–H groups in total. The Labute approximate surface area is 146 Å². The van der Waals surface area contributed by atoms with Gasteiger partial charge in [0.05, 0.1) is 0 Å². The molecule has 136 valence electrons. The maximum atomic E-state index is 12.2. The Kier molecular flexibility index (Phi) is 6.14. The highest BCUT2D eigenvalue weighted by atomic mass is 16.5. The van der Waals surface area contributed by atoms with E-state index in [0.29, 0.717) is 36.6 Å². The van der Waals surface area contributed by atoms with Crippen molar-refractivity contribution in [3.05, 3.63) is 29.3 Å². The maximum Gasteiger partial charge on any atom is 0.332 e. The molecule has 0 aromatic heterocycles. The van der Waals surface area contributed by atoms with Crippen molar-refractivity contribution in [2.45, 2.75) is 45.8 Å². The van der Waals surface area contributed by atoms with Crippen molar-refractivity contribution in [3.8, 4) is 0 Å². The van der Waals surface area contributed by atoms with Crippen LogP contribution in [0.25, 0.3) is 0 Å². The van der Waals surface area contributed by atoms with Crippen molar-refractivity contribution in [1.82, 2.24) is 5.32 Å². The SMILES string of the molecule is Cc1cc(C(=O)NCC(C)C)ccc1NC(=O)[C@@H]1CC[C@H](C(=O)O)O1. The first-order valence-electron chi connectivity index (χ1n) is 8.36. The van der Waals surface area contributed by atoms with E-state index >= 15 is 0 Å². The molecule has 2 rings (SSSR count). The van der Waals surface area contributed by atoms with E-state index < -0.39 is 18.2 Å². The predicted molar refractivity (Wildman–Crippen MR) is 92.5 cm³/mol. The number of nitrogens with one attached hydrogen (secondary N) is 2. The molecule has 1 aromatic rings. The Balaban J connectivity index is 1.98. The molecule has 0 spiro atoms. The van der Waals surface area contributed by atoms with Crippen LogP contribution in [0.4, 0.5) is 5.69 Å². The predicted octanol–water partition coefficient (Wildman–Crippen LogP) is 1.95. The van der Waals surface area contributed by atoms with Crippen molar-refractivity contribution in [3.63, 3.8) is 0 Å². The number of amides is 2. The molecular formula is C18H24N2O5. The summed E-state index contributed by atoms with van der Waals surface area (Å²) >= 11 is 0. The minimum Gasteiger partial charge on any atom is -0.479 e. The van der Waals surface area contributed by atoms with E-state index in [4.69, 9.17) is 9.84 Å². The summed E-state index contributed by atoms with van der Waals surface area (Å²) < 4.78 is 5.24. The standard InChI is InChI=1S/C18H24N2O5/c1-10(2)9-19-16(21)12-4-5-13(11(3)8-12)20-17(22)14-6-7-15(25-14)18(23)24/h4-5,8,10,14-15H,6-7,9H2,1-3H3,(H,19,21)(H,20,22)(H,23,24)/t14-,15+/m0/s1. The fourth-order valence-electron chi connectivity index (χ4n) is 2.57. The monoisotopic (exact) mass is 348 g/mol. The average molecular weight is 348 g/mol. The topological polar surface area (TPSA) is 105 Å². The molecular weight excluding hydrogens is 324 g/mol. The van der Waals surface area contributed by atoms with Gasteiger partial charge in [-0.1, -0.05) is 13.8 Å². The van der Waals surface area contributed by atoms with Crippen LogP contribution in [-0.4, -0.2) is 41.6 Å². The molecule has 2 atom stereocenters. The largest absolute Gasteiger partial charge is 0.479 e. The highest BCUT2D eigenvalue weighted by Gasteiger charge is 2.34. The van der Waals surface area contributed by atoms with E-state index in [0.717, 1.165) is 5.56 Å². The van der Waals surface area contributed by atoms with Crippen LogP contribution in [0.1, 0.15) is 42.6 Å². The van der Waals surface area contributed by atoms with Gasteiger partial charge in [-0.2, -0.15) is 0 Å². The molecule has 0 unspecified atom stereocenters. The summed E-state index contributed by atoms with van der Waals surface area (Å²) in [5.41, 5.74) is 1.85. The number of carbonyl (C=O) groups excluding carboxylic acids is 2. The summed E-state index contributed by atoms with van der Waals surface area (Å²) in [5, 5.41) is 14.5. The number of benzene rings is 1. The van der Waals surface area contributed by atoms with Gasteiger partial charge in [0.15, 0.2) is 6.10 Å². The van der Waals surface area contributed by atoms with Crippen molar-refractivity contribution >= 4 is 23.5 Å². The average Bonchev–Trinajstić information content (AvgIpc) is 3.04.